The van der Waals surface area contributed by atoms with Gasteiger partial charge in [0.15, 0.2) is 0 Å². The van der Waals surface area contributed by atoms with Gasteiger partial charge in [-0.3, -0.25) is 0 Å². The second kappa shape index (κ2) is 17.4. The Morgan fingerprint density at radius 2 is 1.65 bits per heavy atom. The summed E-state index contributed by atoms with van der Waals surface area (Å²) in [7, 11) is 4.91. The average Bonchev–Trinajstić information content (AvgIpc) is 3.02. The van der Waals surface area contributed by atoms with Crippen molar-refractivity contribution < 1.29 is 43.1 Å². The number of likely N-dealkylation sites (tertiary alicyclic amines) is 1. The van der Waals surface area contributed by atoms with E-state index < -0.39 is 18.3 Å². The van der Waals surface area contributed by atoms with E-state index in [1.165, 1.54) is 4.90 Å². The van der Waals surface area contributed by atoms with Crippen LogP contribution in [0.2, 0.25) is 0 Å². The summed E-state index contributed by atoms with van der Waals surface area (Å²) in [6, 6.07) is 14.1. The summed E-state index contributed by atoms with van der Waals surface area (Å²) in [5.74, 6) is 0.521. The van der Waals surface area contributed by atoms with Crippen LogP contribution in [0.25, 0.3) is 0 Å². The van der Waals surface area contributed by atoms with Gasteiger partial charge in [0.05, 0.1) is 70.6 Å². The number of aliphatic hydroxyl groups is 1. The Morgan fingerprint density at radius 1 is 0.907 bits per heavy atom. The lowest BCUT2D eigenvalue weighted by atomic mass is 9.84. The molecule has 238 valence electrons. The maximum absolute atomic E-state index is 12.8. The molecule has 2 aliphatic rings. The number of benzene rings is 2. The minimum Gasteiger partial charge on any atom is -0.490 e. The Bertz CT molecular complexity index is 1120. The van der Waals surface area contributed by atoms with Crippen LogP contribution in [0.5, 0.6) is 5.75 Å². The number of β-amino-alcohol motifs (C(OH)–C–C–N with tert-alkyl or cyclic N) is 1. The largest absolute Gasteiger partial charge is 0.490 e. The fourth-order valence-corrected chi connectivity index (χ4v) is 5.45. The molecule has 0 unspecified atom stereocenters. The third-order valence-electron chi connectivity index (χ3n) is 7.68. The number of rotatable bonds is 16. The highest BCUT2D eigenvalue weighted by molar-refractivity contribution is 5.68. The zero-order valence-electron chi connectivity index (χ0n) is 25.6. The monoisotopic (exact) mass is 602 g/mol. The van der Waals surface area contributed by atoms with Crippen molar-refractivity contribution >= 4 is 11.8 Å². The molecule has 1 fully saturated rings. The van der Waals surface area contributed by atoms with Crippen molar-refractivity contribution in [3.63, 3.8) is 0 Å². The molecule has 0 saturated carbocycles. The Morgan fingerprint density at radius 3 is 2.42 bits per heavy atom. The van der Waals surface area contributed by atoms with Gasteiger partial charge in [-0.1, -0.05) is 30.3 Å². The van der Waals surface area contributed by atoms with E-state index in [1.807, 2.05) is 36.4 Å². The molecule has 2 heterocycles. The molecule has 4 rings (SSSR count). The van der Waals surface area contributed by atoms with Crippen LogP contribution in [0.1, 0.15) is 29.0 Å². The molecule has 3 atom stereocenters. The molecule has 0 spiro atoms. The average molecular weight is 603 g/mol. The number of ether oxygens (including phenoxy) is 7. The van der Waals surface area contributed by atoms with Crippen molar-refractivity contribution in [2.75, 3.05) is 92.0 Å². The Balaban J connectivity index is 1.48. The predicted octanol–water partition coefficient (Wildman–Crippen LogP) is 3.21. The zero-order valence-corrected chi connectivity index (χ0v) is 25.6. The Hall–Kier alpha value is -2.93. The van der Waals surface area contributed by atoms with E-state index in [4.69, 9.17) is 33.2 Å². The van der Waals surface area contributed by atoms with Crippen LogP contribution in [-0.2, 0) is 41.6 Å². The molecular weight excluding hydrogens is 556 g/mol. The van der Waals surface area contributed by atoms with Crippen LogP contribution >= 0.6 is 0 Å². The lowest BCUT2D eigenvalue weighted by Crippen LogP contribution is -2.53. The first-order chi connectivity index (χ1) is 21.0. The van der Waals surface area contributed by atoms with Gasteiger partial charge in [0.25, 0.3) is 0 Å². The van der Waals surface area contributed by atoms with E-state index in [0.717, 1.165) is 47.6 Å². The first-order valence-electron chi connectivity index (χ1n) is 14.9. The van der Waals surface area contributed by atoms with Gasteiger partial charge in [0, 0.05) is 40.4 Å². The standard InChI is InChI=1S/C32H46N2O9/c1-37-13-4-11-33-12-14-41-29-10-7-25(19-27(29)33)23-43-30-21-34(32(36)42-18-16-39-3)20-28(35)31(30)26-8-5-24(6-9-26)22-40-17-15-38-2/h5-10,19,28,30-31,35H,4,11-18,20-23H2,1-3H3/t28-,30+,31+/m1/s1. The smallest absolute Gasteiger partial charge is 0.410 e. The van der Waals surface area contributed by atoms with E-state index in [0.29, 0.717) is 46.2 Å². The predicted molar refractivity (Wildman–Crippen MR) is 161 cm³/mol. The van der Waals surface area contributed by atoms with Gasteiger partial charge in [-0.05, 0) is 35.2 Å². The van der Waals surface area contributed by atoms with Gasteiger partial charge in [0.2, 0.25) is 0 Å². The number of hydrogen-bond donors (Lipinski definition) is 1. The SMILES string of the molecule is COCCCN1CCOc2ccc(CO[C@H]3CN(C(=O)OCCOC)C[C@@H](O)[C@@H]3c3ccc(COCCOC)cc3)cc21. The molecule has 0 aromatic heterocycles. The normalized spacial score (nSPS) is 20.0. The molecule has 2 aliphatic heterocycles. The van der Waals surface area contributed by atoms with Crippen LogP contribution in [0.15, 0.2) is 42.5 Å². The van der Waals surface area contributed by atoms with Crippen molar-refractivity contribution in [1.82, 2.24) is 4.90 Å². The summed E-state index contributed by atoms with van der Waals surface area (Å²) in [5, 5.41) is 11.3. The highest BCUT2D eigenvalue weighted by Crippen LogP contribution is 2.35. The fourth-order valence-electron chi connectivity index (χ4n) is 5.45. The number of carbonyl (C=O) groups excluding carboxylic acids is 1. The number of carbonyl (C=O) groups is 1. The summed E-state index contributed by atoms with van der Waals surface area (Å²) in [4.78, 5) is 16.6. The summed E-state index contributed by atoms with van der Waals surface area (Å²) in [6.45, 7) is 5.75. The van der Waals surface area contributed by atoms with Crippen molar-refractivity contribution in [2.24, 2.45) is 0 Å². The molecule has 0 bridgehead atoms. The number of piperidine rings is 1. The first kappa shape index (κ1) is 33.0. The lowest BCUT2D eigenvalue weighted by molar-refractivity contribution is -0.0695. The van der Waals surface area contributed by atoms with E-state index in [1.54, 1.807) is 21.3 Å². The number of anilines is 1. The van der Waals surface area contributed by atoms with Crippen molar-refractivity contribution in [2.45, 2.75) is 37.8 Å². The van der Waals surface area contributed by atoms with Crippen LogP contribution < -0.4 is 9.64 Å². The number of fused-ring (bicyclic) bond motifs is 1. The summed E-state index contributed by atoms with van der Waals surface area (Å²) in [5.41, 5.74) is 3.99. The molecule has 11 heteroatoms. The van der Waals surface area contributed by atoms with E-state index in [2.05, 4.69) is 11.0 Å². The molecular formula is C32H46N2O9. The molecule has 11 nitrogen and oxygen atoms in total. The minimum absolute atomic E-state index is 0.142. The highest BCUT2D eigenvalue weighted by atomic mass is 16.6. The summed E-state index contributed by atoms with van der Waals surface area (Å²) in [6.07, 6.45) is -0.880. The number of amides is 1. The molecule has 1 amide bonds. The second-order valence-corrected chi connectivity index (χ2v) is 10.7. The molecule has 1 saturated heterocycles. The van der Waals surface area contributed by atoms with Gasteiger partial charge >= 0.3 is 6.09 Å². The van der Waals surface area contributed by atoms with Gasteiger partial charge < -0.3 is 48.1 Å². The Labute approximate surface area is 254 Å². The van der Waals surface area contributed by atoms with Gasteiger partial charge in [0.1, 0.15) is 19.0 Å². The zero-order chi connectivity index (χ0) is 30.4. The van der Waals surface area contributed by atoms with Crippen molar-refractivity contribution in [3.05, 3.63) is 59.2 Å². The molecule has 0 radical (unpaired) electrons. The van der Waals surface area contributed by atoms with Crippen LogP contribution in [0.3, 0.4) is 0 Å². The molecule has 2 aromatic rings. The molecule has 43 heavy (non-hydrogen) atoms. The Kier molecular flexibility index (Phi) is 13.3. The molecule has 2 aromatic carbocycles. The van der Waals surface area contributed by atoms with Crippen molar-refractivity contribution in [1.29, 1.82) is 0 Å². The number of nitrogens with zero attached hydrogens (tertiary/aromatic N) is 2. The van der Waals surface area contributed by atoms with Gasteiger partial charge in [-0.2, -0.15) is 0 Å². The van der Waals surface area contributed by atoms with E-state index in [-0.39, 0.29) is 25.6 Å². The molecule has 0 aliphatic carbocycles. The fraction of sp³-hybridized carbons (Fsp3) is 0.594. The van der Waals surface area contributed by atoms with Crippen LogP contribution in [0.4, 0.5) is 10.5 Å². The van der Waals surface area contributed by atoms with E-state index in [9.17, 15) is 9.90 Å². The first-order valence-corrected chi connectivity index (χ1v) is 14.9. The number of methoxy groups -OCH3 is 3. The second-order valence-electron chi connectivity index (χ2n) is 10.7. The highest BCUT2D eigenvalue weighted by Gasteiger charge is 2.40. The minimum atomic E-state index is -0.842. The van der Waals surface area contributed by atoms with E-state index >= 15 is 0 Å². The third kappa shape index (κ3) is 9.53. The van der Waals surface area contributed by atoms with Crippen LogP contribution in [-0.4, -0.2) is 115 Å². The van der Waals surface area contributed by atoms with Crippen molar-refractivity contribution in [3.8, 4) is 5.75 Å². The molecule has 1 N–H and O–H groups in total. The lowest BCUT2D eigenvalue weighted by Gasteiger charge is -2.41. The third-order valence-corrected chi connectivity index (χ3v) is 7.68. The number of aliphatic hydroxyl groups excluding tert-OH is 1. The van der Waals surface area contributed by atoms with Gasteiger partial charge in [-0.25, -0.2) is 4.79 Å². The van der Waals surface area contributed by atoms with Crippen LogP contribution in [0, 0.1) is 0 Å². The number of hydrogen-bond acceptors (Lipinski definition) is 10. The summed E-state index contributed by atoms with van der Waals surface area (Å²) < 4.78 is 38.7. The quantitative estimate of drug-likeness (QED) is 0.288. The maximum Gasteiger partial charge on any atom is 0.410 e. The maximum atomic E-state index is 12.8. The topological polar surface area (TPSA) is 108 Å². The van der Waals surface area contributed by atoms with Gasteiger partial charge in [-0.15, -0.1) is 0 Å². The summed E-state index contributed by atoms with van der Waals surface area (Å²) >= 11 is 0.